The van der Waals surface area contributed by atoms with E-state index < -0.39 is 11.6 Å². The lowest BCUT2D eigenvalue weighted by atomic mass is 10.3. The van der Waals surface area contributed by atoms with Gasteiger partial charge < -0.3 is 9.73 Å². The summed E-state index contributed by atoms with van der Waals surface area (Å²) in [5.41, 5.74) is 0.103. The van der Waals surface area contributed by atoms with Gasteiger partial charge in [0.15, 0.2) is 6.39 Å². The molecule has 0 spiro atoms. The van der Waals surface area contributed by atoms with Gasteiger partial charge in [-0.05, 0) is 18.2 Å². The Morgan fingerprint density at radius 3 is 2.93 bits per heavy atom. The van der Waals surface area contributed by atoms with Crippen LogP contribution in [-0.4, -0.2) is 4.98 Å². The van der Waals surface area contributed by atoms with Gasteiger partial charge in [0.1, 0.15) is 17.4 Å². The van der Waals surface area contributed by atoms with Crippen molar-refractivity contribution in [2.24, 2.45) is 0 Å². The van der Waals surface area contributed by atoms with Crippen molar-refractivity contribution in [2.75, 3.05) is 5.32 Å². The van der Waals surface area contributed by atoms with E-state index in [1.807, 2.05) is 0 Å². The Morgan fingerprint density at radius 1 is 1.33 bits per heavy atom. The van der Waals surface area contributed by atoms with Crippen LogP contribution in [0.2, 0.25) is 0 Å². The Morgan fingerprint density at radius 2 is 2.20 bits per heavy atom. The average molecular weight is 210 g/mol. The monoisotopic (exact) mass is 210 g/mol. The third kappa shape index (κ3) is 2.31. The second-order valence-electron chi connectivity index (χ2n) is 2.95. The first-order chi connectivity index (χ1) is 7.25. The highest BCUT2D eigenvalue weighted by molar-refractivity contribution is 5.44. The van der Waals surface area contributed by atoms with Gasteiger partial charge in [-0.3, -0.25) is 0 Å². The van der Waals surface area contributed by atoms with E-state index in [9.17, 15) is 8.78 Å². The molecule has 1 heterocycles. The van der Waals surface area contributed by atoms with Crippen LogP contribution in [0.15, 0.2) is 35.2 Å². The minimum Gasteiger partial charge on any atom is -0.447 e. The molecular formula is C10H8F2N2O. The van der Waals surface area contributed by atoms with Crippen molar-refractivity contribution in [3.63, 3.8) is 0 Å². The predicted octanol–water partition coefficient (Wildman–Crippen LogP) is 2.56. The minimum absolute atomic E-state index is 0.103. The number of hydrogen-bond acceptors (Lipinski definition) is 3. The van der Waals surface area contributed by atoms with Gasteiger partial charge in [0.25, 0.3) is 0 Å². The van der Waals surface area contributed by atoms with E-state index in [1.54, 1.807) is 0 Å². The van der Waals surface area contributed by atoms with Crippen molar-refractivity contribution >= 4 is 5.69 Å². The fourth-order valence-electron chi connectivity index (χ4n) is 1.14. The molecule has 0 aliphatic carbocycles. The molecule has 0 saturated carbocycles. The lowest BCUT2D eigenvalue weighted by Crippen LogP contribution is -2.00. The van der Waals surface area contributed by atoms with E-state index >= 15 is 0 Å². The molecule has 1 aromatic carbocycles. The molecular weight excluding hydrogens is 202 g/mol. The summed E-state index contributed by atoms with van der Waals surface area (Å²) < 4.78 is 30.8. The van der Waals surface area contributed by atoms with Gasteiger partial charge in [0, 0.05) is 0 Å². The zero-order valence-corrected chi connectivity index (χ0v) is 7.71. The largest absolute Gasteiger partial charge is 0.447 e. The molecule has 5 heteroatoms. The lowest BCUT2D eigenvalue weighted by molar-refractivity contribution is 0.511. The summed E-state index contributed by atoms with van der Waals surface area (Å²) in [5.74, 6) is -0.439. The van der Waals surface area contributed by atoms with Gasteiger partial charge >= 0.3 is 0 Å². The summed E-state index contributed by atoms with van der Waals surface area (Å²) in [4.78, 5) is 3.70. The van der Waals surface area contributed by atoms with Crippen LogP contribution >= 0.6 is 0 Å². The maximum Gasteiger partial charge on any atom is 0.180 e. The van der Waals surface area contributed by atoms with Crippen LogP contribution in [0.25, 0.3) is 0 Å². The van der Waals surface area contributed by atoms with Crippen molar-refractivity contribution in [1.82, 2.24) is 4.98 Å². The lowest BCUT2D eigenvalue weighted by Gasteiger charge is -2.05. The quantitative estimate of drug-likeness (QED) is 0.846. The number of aromatic nitrogens is 1. The second-order valence-corrected chi connectivity index (χ2v) is 2.95. The summed E-state index contributed by atoms with van der Waals surface area (Å²) >= 11 is 0. The summed E-state index contributed by atoms with van der Waals surface area (Å²) in [6.45, 7) is 0.264. The third-order valence-corrected chi connectivity index (χ3v) is 1.86. The Bertz CT molecular complexity index is 443. The van der Waals surface area contributed by atoms with E-state index in [4.69, 9.17) is 4.42 Å². The number of hydrogen-bond donors (Lipinski definition) is 1. The highest BCUT2D eigenvalue weighted by Gasteiger charge is 2.04. The maximum absolute atomic E-state index is 13.1. The molecule has 0 aliphatic rings. The van der Waals surface area contributed by atoms with Crippen molar-refractivity contribution < 1.29 is 13.2 Å². The van der Waals surface area contributed by atoms with Gasteiger partial charge in [-0.25, -0.2) is 13.8 Å². The number of nitrogens with zero attached hydrogens (tertiary/aromatic N) is 1. The topological polar surface area (TPSA) is 38.1 Å². The Hall–Kier alpha value is -1.91. The first-order valence-corrected chi connectivity index (χ1v) is 4.32. The van der Waals surface area contributed by atoms with Crippen molar-refractivity contribution in [3.8, 4) is 0 Å². The molecule has 0 unspecified atom stereocenters. The molecule has 2 aromatic rings. The molecule has 15 heavy (non-hydrogen) atoms. The highest BCUT2D eigenvalue weighted by Crippen LogP contribution is 2.16. The molecule has 1 aromatic heterocycles. The molecule has 0 aliphatic heterocycles. The Kier molecular flexibility index (Phi) is 2.62. The van der Waals surface area contributed by atoms with Crippen molar-refractivity contribution in [1.29, 1.82) is 0 Å². The van der Waals surface area contributed by atoms with Crippen LogP contribution in [0.4, 0.5) is 14.5 Å². The molecule has 0 saturated heterocycles. The van der Waals surface area contributed by atoms with E-state index in [-0.39, 0.29) is 12.2 Å². The first-order valence-electron chi connectivity index (χ1n) is 4.32. The van der Waals surface area contributed by atoms with Gasteiger partial charge in [0.2, 0.25) is 0 Å². The fraction of sp³-hybridized carbons (Fsp3) is 0.100. The minimum atomic E-state index is -0.504. The first kappa shape index (κ1) is 9.64. The Labute approximate surface area is 84.7 Å². The van der Waals surface area contributed by atoms with Gasteiger partial charge in [-0.1, -0.05) is 0 Å². The predicted molar refractivity (Wildman–Crippen MR) is 50.2 cm³/mol. The number of benzene rings is 1. The molecule has 3 nitrogen and oxygen atoms in total. The normalized spacial score (nSPS) is 10.3. The fourth-order valence-corrected chi connectivity index (χ4v) is 1.14. The van der Waals surface area contributed by atoms with E-state index in [0.717, 1.165) is 18.2 Å². The summed E-state index contributed by atoms with van der Waals surface area (Å²) in [6, 6.07) is 3.22. The summed E-state index contributed by atoms with van der Waals surface area (Å²) in [5, 5.41) is 2.71. The number of anilines is 1. The van der Waals surface area contributed by atoms with Gasteiger partial charge in [-0.15, -0.1) is 0 Å². The summed E-state index contributed by atoms with van der Waals surface area (Å²) in [6.07, 6.45) is 2.78. The Balaban J connectivity index is 2.07. The van der Waals surface area contributed by atoms with Crippen LogP contribution in [0.5, 0.6) is 0 Å². The number of rotatable bonds is 3. The molecule has 0 radical (unpaired) electrons. The van der Waals surface area contributed by atoms with Gasteiger partial charge in [0.05, 0.1) is 18.4 Å². The number of halogens is 2. The van der Waals surface area contributed by atoms with E-state index in [0.29, 0.717) is 5.76 Å². The van der Waals surface area contributed by atoms with Crippen LogP contribution in [0.1, 0.15) is 5.76 Å². The van der Waals surface area contributed by atoms with Crippen molar-refractivity contribution in [3.05, 3.63) is 48.2 Å². The molecule has 2 rings (SSSR count). The molecule has 0 amide bonds. The SMILES string of the molecule is Fc1ccc(F)c(NCc2cnco2)c1. The zero-order chi connectivity index (χ0) is 10.7. The molecule has 78 valence electrons. The number of oxazole rings is 1. The molecule has 0 fully saturated rings. The van der Waals surface area contributed by atoms with Crippen LogP contribution in [-0.2, 0) is 6.54 Å². The maximum atomic E-state index is 13.1. The van der Waals surface area contributed by atoms with Crippen molar-refractivity contribution in [2.45, 2.75) is 6.54 Å². The van der Waals surface area contributed by atoms with E-state index in [1.165, 1.54) is 12.6 Å². The standard InChI is InChI=1S/C10H8F2N2O/c11-7-1-2-9(12)10(3-7)14-5-8-4-13-6-15-8/h1-4,6,14H,5H2. The van der Waals surface area contributed by atoms with Gasteiger partial charge in [-0.2, -0.15) is 0 Å². The average Bonchev–Trinajstić information content (AvgIpc) is 2.72. The van der Waals surface area contributed by atoms with Crippen LogP contribution in [0, 0.1) is 11.6 Å². The summed E-state index contributed by atoms with van der Waals surface area (Å²) in [7, 11) is 0. The van der Waals surface area contributed by atoms with Crippen LogP contribution in [0.3, 0.4) is 0 Å². The zero-order valence-electron chi connectivity index (χ0n) is 7.71. The molecule has 1 N–H and O–H groups in total. The second kappa shape index (κ2) is 4.08. The van der Waals surface area contributed by atoms with E-state index in [2.05, 4.69) is 10.3 Å². The molecule has 0 atom stereocenters. The third-order valence-electron chi connectivity index (χ3n) is 1.86. The van der Waals surface area contributed by atoms with Crippen LogP contribution < -0.4 is 5.32 Å². The highest BCUT2D eigenvalue weighted by atomic mass is 19.1. The molecule has 0 bridgehead atoms. The smallest absolute Gasteiger partial charge is 0.180 e. The number of nitrogens with one attached hydrogen (secondary N) is 1.